The second-order valence-corrected chi connectivity index (χ2v) is 7.73. The summed E-state index contributed by atoms with van der Waals surface area (Å²) >= 11 is 6.42. The highest BCUT2D eigenvalue weighted by molar-refractivity contribution is 6.33. The molecular formula is C21H22ClN3O4. The predicted molar refractivity (Wildman–Crippen MR) is 109 cm³/mol. The summed E-state index contributed by atoms with van der Waals surface area (Å²) in [6.45, 7) is 4.35. The van der Waals surface area contributed by atoms with Gasteiger partial charge in [-0.3, -0.25) is 4.79 Å². The molecule has 0 radical (unpaired) electrons. The Morgan fingerprint density at radius 3 is 2.90 bits per heavy atom. The number of carbonyl (C=O) groups is 1. The molecule has 152 valence electrons. The van der Waals surface area contributed by atoms with E-state index in [0.29, 0.717) is 46.0 Å². The molecule has 0 spiro atoms. The highest BCUT2D eigenvalue weighted by Gasteiger charge is 2.22. The van der Waals surface area contributed by atoms with Crippen LogP contribution in [0.15, 0.2) is 34.9 Å². The second-order valence-electron chi connectivity index (χ2n) is 7.32. The standard InChI is InChI=1S/C21H22ClN3O4/c1-12(24-13(2)26)10-28-20-8-19-18(9-23-20)25-21(29-19)16-6-5-15(7-17(16)22)27-11-14-3-4-14/h5-9,12,14H,3-4,10-11H2,1-2H3,(H,24,26)/t12-/m0/s1. The van der Waals surface area contributed by atoms with Gasteiger partial charge < -0.3 is 19.2 Å². The fraction of sp³-hybridized carbons (Fsp3) is 0.381. The molecule has 0 aliphatic heterocycles. The lowest BCUT2D eigenvalue weighted by molar-refractivity contribution is -0.119. The first-order valence-corrected chi connectivity index (χ1v) is 9.95. The van der Waals surface area contributed by atoms with Crippen molar-refractivity contribution < 1.29 is 18.7 Å². The number of aromatic nitrogens is 2. The molecule has 0 bridgehead atoms. The number of hydrogen-bond donors (Lipinski definition) is 1. The number of hydrogen-bond acceptors (Lipinski definition) is 6. The van der Waals surface area contributed by atoms with E-state index in [2.05, 4.69) is 15.3 Å². The molecule has 29 heavy (non-hydrogen) atoms. The van der Waals surface area contributed by atoms with Crippen LogP contribution in [0.4, 0.5) is 0 Å². The summed E-state index contributed by atoms with van der Waals surface area (Å²) in [4.78, 5) is 19.8. The first-order valence-electron chi connectivity index (χ1n) is 9.57. The molecular weight excluding hydrogens is 394 g/mol. The van der Waals surface area contributed by atoms with Crippen LogP contribution in [0.3, 0.4) is 0 Å². The second kappa shape index (κ2) is 8.29. The molecule has 1 aliphatic carbocycles. The zero-order chi connectivity index (χ0) is 20.4. The van der Waals surface area contributed by atoms with Gasteiger partial charge >= 0.3 is 0 Å². The van der Waals surface area contributed by atoms with E-state index in [1.165, 1.54) is 19.8 Å². The van der Waals surface area contributed by atoms with Gasteiger partial charge in [0.25, 0.3) is 0 Å². The normalized spacial score (nSPS) is 14.6. The molecule has 1 amide bonds. The molecule has 1 atom stereocenters. The molecule has 8 heteroatoms. The lowest BCUT2D eigenvalue weighted by Gasteiger charge is -2.12. The molecule has 1 aliphatic rings. The van der Waals surface area contributed by atoms with Crippen LogP contribution in [0.5, 0.6) is 11.6 Å². The van der Waals surface area contributed by atoms with E-state index in [1.807, 2.05) is 19.1 Å². The third kappa shape index (κ3) is 4.98. The highest BCUT2D eigenvalue weighted by atomic mass is 35.5. The van der Waals surface area contributed by atoms with E-state index in [0.717, 1.165) is 12.4 Å². The minimum atomic E-state index is -0.130. The number of nitrogens with zero attached hydrogens (tertiary/aromatic N) is 2. The monoisotopic (exact) mass is 415 g/mol. The minimum Gasteiger partial charge on any atom is -0.493 e. The van der Waals surface area contributed by atoms with Crippen LogP contribution in [0, 0.1) is 5.92 Å². The van der Waals surface area contributed by atoms with Crippen LogP contribution in [0.1, 0.15) is 26.7 Å². The van der Waals surface area contributed by atoms with Crippen molar-refractivity contribution in [1.29, 1.82) is 0 Å². The highest BCUT2D eigenvalue weighted by Crippen LogP contribution is 2.34. The number of pyridine rings is 1. The zero-order valence-electron chi connectivity index (χ0n) is 16.3. The lowest BCUT2D eigenvalue weighted by atomic mass is 10.2. The Labute approximate surface area is 173 Å². The van der Waals surface area contributed by atoms with E-state index < -0.39 is 0 Å². The topological polar surface area (TPSA) is 86.5 Å². The summed E-state index contributed by atoms with van der Waals surface area (Å²) in [6.07, 6.45) is 4.06. The van der Waals surface area contributed by atoms with Crippen LogP contribution in [0.2, 0.25) is 5.02 Å². The number of oxazole rings is 1. The van der Waals surface area contributed by atoms with E-state index in [1.54, 1.807) is 18.3 Å². The Morgan fingerprint density at radius 2 is 2.17 bits per heavy atom. The van der Waals surface area contributed by atoms with Crippen LogP contribution in [-0.2, 0) is 4.79 Å². The summed E-state index contributed by atoms with van der Waals surface area (Å²) in [7, 11) is 0. The maximum Gasteiger partial charge on any atom is 0.228 e. The van der Waals surface area contributed by atoms with E-state index >= 15 is 0 Å². The van der Waals surface area contributed by atoms with Gasteiger partial charge in [0.05, 0.1) is 29.4 Å². The molecule has 3 aromatic rings. The van der Waals surface area contributed by atoms with Gasteiger partial charge in [-0.1, -0.05) is 11.6 Å². The molecule has 1 N–H and O–H groups in total. The number of halogens is 1. The summed E-state index contributed by atoms with van der Waals surface area (Å²) in [5.41, 5.74) is 1.83. The molecule has 4 rings (SSSR count). The Bertz CT molecular complexity index is 1030. The predicted octanol–water partition coefficient (Wildman–Crippen LogP) is 4.24. The van der Waals surface area contributed by atoms with Crippen LogP contribution in [-0.4, -0.2) is 35.1 Å². The average Bonchev–Trinajstić information content (AvgIpc) is 3.41. The first-order chi connectivity index (χ1) is 14.0. The van der Waals surface area contributed by atoms with E-state index in [4.69, 9.17) is 25.5 Å². The summed E-state index contributed by atoms with van der Waals surface area (Å²) in [6, 6.07) is 7.04. The Balaban J connectivity index is 1.47. The molecule has 2 heterocycles. The first kappa shape index (κ1) is 19.5. The number of fused-ring (bicyclic) bond motifs is 1. The Kier molecular flexibility index (Phi) is 5.58. The maximum absolute atomic E-state index is 11.1. The number of nitrogens with one attached hydrogen (secondary N) is 1. The molecule has 1 saturated carbocycles. The van der Waals surface area contributed by atoms with Crippen molar-refractivity contribution in [1.82, 2.24) is 15.3 Å². The zero-order valence-corrected chi connectivity index (χ0v) is 17.0. The van der Waals surface area contributed by atoms with Gasteiger partial charge in [0.1, 0.15) is 17.9 Å². The van der Waals surface area contributed by atoms with Gasteiger partial charge in [-0.2, -0.15) is 0 Å². The summed E-state index contributed by atoms with van der Waals surface area (Å²) in [5, 5.41) is 3.27. The number of ether oxygens (including phenoxy) is 2. The van der Waals surface area contributed by atoms with Crippen molar-refractivity contribution in [3.8, 4) is 23.1 Å². The quantitative estimate of drug-likeness (QED) is 0.592. The van der Waals surface area contributed by atoms with E-state index in [9.17, 15) is 4.79 Å². The van der Waals surface area contributed by atoms with Crippen molar-refractivity contribution in [3.63, 3.8) is 0 Å². The Hall–Kier alpha value is -2.80. The lowest BCUT2D eigenvalue weighted by Crippen LogP contribution is -2.35. The average molecular weight is 416 g/mol. The fourth-order valence-electron chi connectivity index (χ4n) is 2.86. The number of carbonyl (C=O) groups excluding carboxylic acids is 1. The van der Waals surface area contributed by atoms with Crippen molar-refractivity contribution in [3.05, 3.63) is 35.5 Å². The summed E-state index contributed by atoms with van der Waals surface area (Å²) < 4.78 is 17.3. The SMILES string of the molecule is CC(=O)N[C@@H](C)COc1cc2oc(-c3ccc(OCC4CC4)cc3Cl)nc2cn1. The van der Waals surface area contributed by atoms with Gasteiger partial charge in [0, 0.05) is 13.0 Å². The van der Waals surface area contributed by atoms with Gasteiger partial charge in [-0.25, -0.2) is 9.97 Å². The van der Waals surface area contributed by atoms with Gasteiger partial charge in [0.15, 0.2) is 5.58 Å². The number of amides is 1. The minimum absolute atomic E-state index is 0.106. The number of benzene rings is 1. The molecule has 2 aromatic heterocycles. The van der Waals surface area contributed by atoms with Crippen LogP contribution < -0.4 is 14.8 Å². The van der Waals surface area contributed by atoms with Crippen LogP contribution >= 0.6 is 11.6 Å². The molecule has 0 unspecified atom stereocenters. The molecule has 1 aromatic carbocycles. The smallest absolute Gasteiger partial charge is 0.228 e. The third-order valence-electron chi connectivity index (χ3n) is 4.53. The largest absolute Gasteiger partial charge is 0.493 e. The van der Waals surface area contributed by atoms with Crippen molar-refractivity contribution in [2.75, 3.05) is 13.2 Å². The van der Waals surface area contributed by atoms with Gasteiger partial charge in [-0.15, -0.1) is 0 Å². The Morgan fingerprint density at radius 1 is 1.34 bits per heavy atom. The third-order valence-corrected chi connectivity index (χ3v) is 4.85. The number of rotatable bonds is 8. The fourth-order valence-corrected chi connectivity index (χ4v) is 3.12. The molecule has 7 nitrogen and oxygen atoms in total. The van der Waals surface area contributed by atoms with Crippen LogP contribution in [0.25, 0.3) is 22.6 Å². The van der Waals surface area contributed by atoms with Crippen molar-refractivity contribution >= 4 is 28.6 Å². The van der Waals surface area contributed by atoms with Crippen molar-refractivity contribution in [2.45, 2.75) is 32.7 Å². The van der Waals surface area contributed by atoms with E-state index in [-0.39, 0.29) is 11.9 Å². The molecule has 0 saturated heterocycles. The maximum atomic E-state index is 11.1. The summed E-state index contributed by atoms with van der Waals surface area (Å²) in [5.74, 6) is 2.12. The van der Waals surface area contributed by atoms with Crippen molar-refractivity contribution in [2.24, 2.45) is 5.92 Å². The van der Waals surface area contributed by atoms with Gasteiger partial charge in [0.2, 0.25) is 17.7 Å². The van der Waals surface area contributed by atoms with Gasteiger partial charge in [-0.05, 0) is 43.9 Å². The molecule has 1 fully saturated rings.